The lowest BCUT2D eigenvalue weighted by atomic mass is 9.89. The molecule has 0 nitrogen and oxygen atoms in total. The molecule has 0 fully saturated rings. The fourth-order valence-corrected chi connectivity index (χ4v) is 2.59. The second-order valence-electron chi connectivity index (χ2n) is 4.52. The van der Waals surface area contributed by atoms with Crippen molar-refractivity contribution in [2.24, 2.45) is 0 Å². The maximum Gasteiger partial charge on any atom is -0.0222 e. The van der Waals surface area contributed by atoms with Crippen molar-refractivity contribution in [2.45, 2.75) is 53.4 Å². The van der Waals surface area contributed by atoms with Crippen LogP contribution in [0.4, 0.5) is 0 Å². The van der Waals surface area contributed by atoms with Crippen molar-refractivity contribution >= 4 is 5.57 Å². The third kappa shape index (κ3) is 3.60. The Morgan fingerprint density at radius 1 is 0.889 bits per heavy atom. The Labute approximate surface area is 112 Å². The lowest BCUT2D eigenvalue weighted by Gasteiger charge is -2.16. The van der Waals surface area contributed by atoms with Crippen LogP contribution in [-0.4, -0.2) is 0 Å². The van der Waals surface area contributed by atoms with Crippen molar-refractivity contribution in [3.05, 3.63) is 53.1 Å². The molecule has 0 aromatic heterocycles. The molecule has 0 aliphatic rings. The lowest BCUT2D eigenvalue weighted by Crippen LogP contribution is -1.95. The van der Waals surface area contributed by atoms with Gasteiger partial charge in [-0.25, -0.2) is 0 Å². The minimum absolute atomic E-state index is 1.11. The van der Waals surface area contributed by atoms with Crippen molar-refractivity contribution in [3.63, 3.8) is 0 Å². The lowest BCUT2D eigenvalue weighted by molar-refractivity contribution is 0.993. The first-order valence-electron chi connectivity index (χ1n) is 7.25. The van der Waals surface area contributed by atoms with E-state index in [1.807, 2.05) is 0 Å². The van der Waals surface area contributed by atoms with Crippen LogP contribution in [0.3, 0.4) is 0 Å². The van der Waals surface area contributed by atoms with Gasteiger partial charge >= 0.3 is 0 Å². The number of hydrogen-bond acceptors (Lipinski definition) is 0. The fraction of sp³-hybridized carbons (Fsp3) is 0.444. The zero-order valence-electron chi connectivity index (χ0n) is 12.3. The molecule has 0 atom stereocenters. The number of hydrogen-bond donors (Lipinski definition) is 0. The molecule has 98 valence electrons. The zero-order chi connectivity index (χ0) is 13.4. The summed E-state index contributed by atoms with van der Waals surface area (Å²) in [4.78, 5) is 0. The molecule has 1 rings (SSSR count). The molecule has 0 aliphatic carbocycles. The van der Waals surface area contributed by atoms with Gasteiger partial charge in [0.15, 0.2) is 0 Å². The van der Waals surface area contributed by atoms with Crippen molar-refractivity contribution < 1.29 is 0 Å². The highest BCUT2D eigenvalue weighted by molar-refractivity contribution is 5.72. The summed E-state index contributed by atoms with van der Waals surface area (Å²) >= 11 is 0. The standard InChI is InChI=1S/C18H26/c1-5-12-15(6-2)17(7-3)18(8-4)16-13-10-9-11-14-16/h9-14H,5-8H2,1-4H3/b15-12?,18-17-. The van der Waals surface area contributed by atoms with Crippen LogP contribution in [0, 0.1) is 0 Å². The fourth-order valence-electron chi connectivity index (χ4n) is 2.59. The van der Waals surface area contributed by atoms with E-state index in [9.17, 15) is 0 Å². The molecule has 1 aromatic carbocycles. The quantitative estimate of drug-likeness (QED) is 0.536. The number of allylic oxidation sites excluding steroid dienone is 4. The van der Waals surface area contributed by atoms with Crippen LogP contribution >= 0.6 is 0 Å². The Bertz CT molecular complexity index is 407. The maximum absolute atomic E-state index is 2.39. The van der Waals surface area contributed by atoms with Gasteiger partial charge in [-0.15, -0.1) is 0 Å². The summed E-state index contributed by atoms with van der Waals surface area (Å²) in [5, 5.41) is 0. The third-order valence-corrected chi connectivity index (χ3v) is 3.41. The average Bonchev–Trinajstić information content (AvgIpc) is 2.43. The van der Waals surface area contributed by atoms with Gasteiger partial charge in [-0.3, -0.25) is 0 Å². The molecule has 0 amide bonds. The molecule has 18 heavy (non-hydrogen) atoms. The van der Waals surface area contributed by atoms with Crippen molar-refractivity contribution in [2.75, 3.05) is 0 Å². The summed E-state index contributed by atoms with van der Waals surface area (Å²) in [6.07, 6.45) is 6.87. The summed E-state index contributed by atoms with van der Waals surface area (Å²) in [5.74, 6) is 0. The molecule has 0 heterocycles. The van der Waals surface area contributed by atoms with Gasteiger partial charge in [0.25, 0.3) is 0 Å². The summed E-state index contributed by atoms with van der Waals surface area (Å²) in [6.45, 7) is 9.01. The van der Waals surface area contributed by atoms with Crippen molar-refractivity contribution in [1.29, 1.82) is 0 Å². The van der Waals surface area contributed by atoms with E-state index in [4.69, 9.17) is 0 Å². The minimum Gasteiger partial charge on any atom is -0.0813 e. The number of rotatable bonds is 6. The predicted octanol–water partition coefficient (Wildman–Crippen LogP) is 6.01. The molecule has 0 radical (unpaired) electrons. The largest absolute Gasteiger partial charge is 0.0813 e. The molecule has 0 spiro atoms. The van der Waals surface area contributed by atoms with Gasteiger partial charge < -0.3 is 0 Å². The van der Waals surface area contributed by atoms with E-state index in [1.165, 1.54) is 16.7 Å². The van der Waals surface area contributed by atoms with Gasteiger partial charge in [0.1, 0.15) is 0 Å². The van der Waals surface area contributed by atoms with E-state index in [2.05, 4.69) is 64.1 Å². The first kappa shape index (κ1) is 14.8. The van der Waals surface area contributed by atoms with Crippen LogP contribution in [-0.2, 0) is 0 Å². The highest BCUT2D eigenvalue weighted by Gasteiger charge is 2.09. The molecule has 0 heteroatoms. The van der Waals surface area contributed by atoms with Crippen molar-refractivity contribution in [1.82, 2.24) is 0 Å². The first-order chi connectivity index (χ1) is 8.78. The summed E-state index contributed by atoms with van der Waals surface area (Å²) < 4.78 is 0. The Morgan fingerprint density at radius 2 is 1.56 bits per heavy atom. The van der Waals surface area contributed by atoms with Gasteiger partial charge in [-0.1, -0.05) is 64.1 Å². The SMILES string of the molecule is CCC=C(CC)/C(CC)=C(/CC)c1ccccc1. The van der Waals surface area contributed by atoms with Crippen LogP contribution in [0.1, 0.15) is 58.9 Å². The molecule has 0 bridgehead atoms. The topological polar surface area (TPSA) is 0 Å². The summed E-state index contributed by atoms with van der Waals surface area (Å²) in [5.41, 5.74) is 5.97. The first-order valence-corrected chi connectivity index (χ1v) is 7.25. The van der Waals surface area contributed by atoms with Gasteiger partial charge in [0.2, 0.25) is 0 Å². The van der Waals surface area contributed by atoms with Gasteiger partial charge in [0.05, 0.1) is 0 Å². The Balaban J connectivity index is 3.29. The molecule has 0 aliphatic heterocycles. The Hall–Kier alpha value is -1.30. The van der Waals surface area contributed by atoms with E-state index in [1.54, 1.807) is 5.57 Å². The van der Waals surface area contributed by atoms with E-state index < -0.39 is 0 Å². The van der Waals surface area contributed by atoms with Crippen LogP contribution in [0.2, 0.25) is 0 Å². The van der Waals surface area contributed by atoms with E-state index >= 15 is 0 Å². The molecule has 0 saturated carbocycles. The average molecular weight is 242 g/mol. The molecular formula is C18H26. The predicted molar refractivity (Wildman–Crippen MR) is 82.6 cm³/mol. The smallest absolute Gasteiger partial charge is 0.0222 e. The highest BCUT2D eigenvalue weighted by atomic mass is 14.1. The molecule has 0 saturated heterocycles. The molecular weight excluding hydrogens is 216 g/mol. The van der Waals surface area contributed by atoms with Crippen molar-refractivity contribution in [3.8, 4) is 0 Å². The Morgan fingerprint density at radius 3 is 2.00 bits per heavy atom. The number of benzene rings is 1. The van der Waals surface area contributed by atoms with E-state index in [-0.39, 0.29) is 0 Å². The second kappa shape index (κ2) is 7.92. The molecule has 0 N–H and O–H groups in total. The van der Waals surface area contributed by atoms with Crippen LogP contribution in [0.15, 0.2) is 47.6 Å². The highest BCUT2D eigenvalue weighted by Crippen LogP contribution is 2.30. The van der Waals surface area contributed by atoms with Crippen LogP contribution in [0.25, 0.3) is 5.57 Å². The monoisotopic (exact) mass is 242 g/mol. The van der Waals surface area contributed by atoms with Gasteiger partial charge in [-0.2, -0.15) is 0 Å². The molecule has 0 unspecified atom stereocenters. The zero-order valence-corrected chi connectivity index (χ0v) is 12.3. The van der Waals surface area contributed by atoms with Gasteiger partial charge in [-0.05, 0) is 48.0 Å². The second-order valence-corrected chi connectivity index (χ2v) is 4.52. The summed E-state index contributed by atoms with van der Waals surface area (Å²) in [6, 6.07) is 10.8. The van der Waals surface area contributed by atoms with E-state index in [0.717, 1.165) is 25.7 Å². The minimum atomic E-state index is 1.11. The van der Waals surface area contributed by atoms with E-state index in [0.29, 0.717) is 0 Å². The molecule has 1 aromatic rings. The van der Waals surface area contributed by atoms with Crippen LogP contribution < -0.4 is 0 Å². The Kier molecular flexibility index (Phi) is 6.49. The third-order valence-electron chi connectivity index (χ3n) is 3.41. The maximum atomic E-state index is 2.39. The van der Waals surface area contributed by atoms with Crippen LogP contribution in [0.5, 0.6) is 0 Å². The van der Waals surface area contributed by atoms with Gasteiger partial charge in [0, 0.05) is 0 Å². The normalized spacial score (nSPS) is 13.4. The summed E-state index contributed by atoms with van der Waals surface area (Å²) in [7, 11) is 0.